The van der Waals surface area contributed by atoms with E-state index >= 15 is 0 Å². The molecule has 0 atom stereocenters. The number of hydrogen-bond acceptors (Lipinski definition) is 7. The quantitative estimate of drug-likeness (QED) is 0.364. The number of hydrogen-bond donors (Lipinski definition) is 1. The molecule has 0 saturated heterocycles. The summed E-state index contributed by atoms with van der Waals surface area (Å²) in [5, 5.41) is 18.0. The number of aryl methyl sites for hydroxylation is 1. The minimum atomic E-state index is -0.266. The number of amides is 1. The SMILES string of the molecule is COc1ccc(OCC(=O)Nc2ccc(OCc3nnc4c5ccccc5c(C)nn34)cc2)cc1. The highest BCUT2D eigenvalue weighted by atomic mass is 16.5. The number of anilines is 1. The Morgan fingerprint density at radius 3 is 2.26 bits per heavy atom. The molecule has 0 radical (unpaired) electrons. The monoisotopic (exact) mass is 469 g/mol. The summed E-state index contributed by atoms with van der Waals surface area (Å²) in [6.07, 6.45) is 0. The van der Waals surface area contributed by atoms with Crippen molar-refractivity contribution in [2.75, 3.05) is 19.0 Å². The maximum atomic E-state index is 12.2. The molecule has 35 heavy (non-hydrogen) atoms. The number of nitrogens with one attached hydrogen (secondary N) is 1. The molecular weight excluding hydrogens is 446 g/mol. The van der Waals surface area contributed by atoms with E-state index in [1.165, 1.54) is 0 Å². The van der Waals surface area contributed by atoms with Gasteiger partial charge in [-0.3, -0.25) is 4.79 Å². The third-order valence-corrected chi connectivity index (χ3v) is 5.45. The lowest BCUT2D eigenvalue weighted by Gasteiger charge is -2.09. The summed E-state index contributed by atoms with van der Waals surface area (Å²) >= 11 is 0. The number of benzene rings is 3. The Morgan fingerprint density at radius 1 is 0.857 bits per heavy atom. The van der Waals surface area contributed by atoms with E-state index in [4.69, 9.17) is 14.2 Å². The molecule has 2 aromatic heterocycles. The third kappa shape index (κ3) is 4.84. The van der Waals surface area contributed by atoms with Crippen molar-refractivity contribution < 1.29 is 19.0 Å². The Balaban J connectivity index is 1.18. The smallest absolute Gasteiger partial charge is 0.262 e. The van der Waals surface area contributed by atoms with Crippen LogP contribution in [0, 0.1) is 6.92 Å². The van der Waals surface area contributed by atoms with Crippen molar-refractivity contribution in [2.45, 2.75) is 13.5 Å². The van der Waals surface area contributed by atoms with E-state index < -0.39 is 0 Å². The zero-order valence-corrected chi connectivity index (χ0v) is 19.3. The molecule has 2 heterocycles. The second-order valence-corrected chi connectivity index (χ2v) is 7.81. The Kier molecular flexibility index (Phi) is 6.13. The number of methoxy groups -OCH3 is 1. The van der Waals surface area contributed by atoms with Gasteiger partial charge in [-0.15, -0.1) is 10.2 Å². The van der Waals surface area contributed by atoms with E-state index in [1.54, 1.807) is 60.2 Å². The number of fused-ring (bicyclic) bond motifs is 3. The fraction of sp³-hybridized carbons (Fsp3) is 0.154. The second kappa shape index (κ2) is 9.68. The van der Waals surface area contributed by atoms with E-state index in [0.717, 1.165) is 22.2 Å². The second-order valence-electron chi connectivity index (χ2n) is 7.81. The molecule has 0 unspecified atom stereocenters. The van der Waals surface area contributed by atoms with Crippen LogP contribution in [0.4, 0.5) is 5.69 Å². The van der Waals surface area contributed by atoms with Crippen LogP contribution in [0.5, 0.6) is 17.2 Å². The summed E-state index contributed by atoms with van der Waals surface area (Å²) in [6, 6.07) is 22.1. The zero-order chi connectivity index (χ0) is 24.2. The van der Waals surface area contributed by atoms with Crippen LogP contribution < -0.4 is 19.5 Å². The van der Waals surface area contributed by atoms with Gasteiger partial charge in [-0.1, -0.05) is 24.3 Å². The van der Waals surface area contributed by atoms with Gasteiger partial charge in [0.2, 0.25) is 0 Å². The van der Waals surface area contributed by atoms with Gasteiger partial charge < -0.3 is 19.5 Å². The van der Waals surface area contributed by atoms with Gasteiger partial charge in [-0.25, -0.2) is 0 Å². The van der Waals surface area contributed by atoms with Crippen molar-refractivity contribution >= 4 is 28.0 Å². The topological polar surface area (TPSA) is 99.9 Å². The fourth-order valence-corrected chi connectivity index (χ4v) is 3.67. The Morgan fingerprint density at radius 2 is 1.51 bits per heavy atom. The third-order valence-electron chi connectivity index (χ3n) is 5.45. The molecule has 0 aliphatic rings. The number of carbonyl (C=O) groups is 1. The molecule has 3 aromatic carbocycles. The molecule has 9 nitrogen and oxygen atoms in total. The lowest BCUT2D eigenvalue weighted by atomic mass is 10.1. The van der Waals surface area contributed by atoms with Gasteiger partial charge in [0.25, 0.3) is 5.91 Å². The molecule has 176 valence electrons. The van der Waals surface area contributed by atoms with E-state index in [-0.39, 0.29) is 19.1 Å². The Bertz CT molecular complexity index is 1480. The number of rotatable bonds is 8. The number of aromatic nitrogens is 4. The van der Waals surface area contributed by atoms with Gasteiger partial charge in [-0.05, 0) is 55.5 Å². The maximum Gasteiger partial charge on any atom is 0.262 e. The average molecular weight is 470 g/mol. The van der Waals surface area contributed by atoms with Crippen molar-refractivity contribution in [3.63, 3.8) is 0 Å². The van der Waals surface area contributed by atoms with Gasteiger partial charge in [-0.2, -0.15) is 9.61 Å². The predicted octanol–water partition coefficient (Wildman–Crippen LogP) is 4.19. The van der Waals surface area contributed by atoms with Gasteiger partial charge in [0, 0.05) is 16.5 Å². The van der Waals surface area contributed by atoms with Gasteiger partial charge in [0.05, 0.1) is 12.8 Å². The summed E-state index contributed by atoms with van der Waals surface area (Å²) < 4.78 is 18.2. The number of carbonyl (C=O) groups excluding carboxylic acids is 1. The van der Waals surface area contributed by atoms with Crippen LogP contribution in [0.3, 0.4) is 0 Å². The summed E-state index contributed by atoms with van der Waals surface area (Å²) in [6.45, 7) is 2.06. The molecule has 0 aliphatic carbocycles. The molecule has 5 rings (SSSR count). The molecule has 0 fully saturated rings. The molecular formula is C26H23N5O4. The molecule has 0 spiro atoms. The number of nitrogens with zero attached hydrogens (tertiary/aromatic N) is 4. The lowest BCUT2D eigenvalue weighted by molar-refractivity contribution is -0.118. The molecule has 0 bridgehead atoms. The van der Waals surface area contributed by atoms with Crippen LogP contribution >= 0.6 is 0 Å². The van der Waals surface area contributed by atoms with E-state index in [9.17, 15) is 4.79 Å². The predicted molar refractivity (Wildman–Crippen MR) is 131 cm³/mol. The number of ether oxygens (including phenoxy) is 3. The molecule has 1 N–H and O–H groups in total. The molecule has 1 amide bonds. The first-order chi connectivity index (χ1) is 17.1. The summed E-state index contributed by atoms with van der Waals surface area (Å²) in [7, 11) is 1.59. The van der Waals surface area contributed by atoms with E-state index in [2.05, 4.69) is 20.6 Å². The van der Waals surface area contributed by atoms with Crippen LogP contribution in [0.2, 0.25) is 0 Å². The van der Waals surface area contributed by atoms with Crippen molar-refractivity contribution in [1.82, 2.24) is 19.8 Å². The van der Waals surface area contributed by atoms with Crippen molar-refractivity contribution in [1.29, 1.82) is 0 Å². The zero-order valence-electron chi connectivity index (χ0n) is 19.3. The summed E-state index contributed by atoms with van der Waals surface area (Å²) in [5.74, 6) is 2.27. The lowest BCUT2D eigenvalue weighted by Crippen LogP contribution is -2.20. The van der Waals surface area contributed by atoms with Gasteiger partial charge >= 0.3 is 0 Å². The Labute approximate surface area is 201 Å². The average Bonchev–Trinajstić information content (AvgIpc) is 3.30. The first-order valence-electron chi connectivity index (χ1n) is 11.0. The molecule has 0 saturated carbocycles. The minimum absolute atomic E-state index is 0.106. The van der Waals surface area contributed by atoms with Crippen molar-refractivity contribution in [3.05, 3.63) is 84.3 Å². The summed E-state index contributed by atoms with van der Waals surface area (Å²) in [5.41, 5.74) is 2.22. The van der Waals surface area contributed by atoms with Crippen molar-refractivity contribution in [3.8, 4) is 17.2 Å². The van der Waals surface area contributed by atoms with E-state index in [0.29, 0.717) is 28.7 Å². The first kappa shape index (κ1) is 22.1. The van der Waals surface area contributed by atoms with Crippen LogP contribution in [0.15, 0.2) is 72.8 Å². The standard InChI is InChI=1S/C26H23N5O4/c1-17-22-5-3-4-6-23(22)26-29-28-24(31(26)30-17)15-34-20-9-7-18(8-10-20)27-25(32)16-35-21-13-11-19(33-2)12-14-21/h3-14H,15-16H2,1-2H3,(H,27,32). The van der Waals surface area contributed by atoms with Gasteiger partial charge in [0.1, 0.15) is 23.9 Å². The van der Waals surface area contributed by atoms with Crippen LogP contribution in [-0.2, 0) is 11.4 Å². The Hall–Kier alpha value is -4.66. The van der Waals surface area contributed by atoms with Gasteiger partial charge in [0.15, 0.2) is 18.1 Å². The molecule has 0 aliphatic heterocycles. The minimum Gasteiger partial charge on any atom is -0.497 e. The van der Waals surface area contributed by atoms with E-state index in [1.807, 2.05) is 31.2 Å². The first-order valence-corrected chi connectivity index (χ1v) is 11.0. The highest BCUT2D eigenvalue weighted by molar-refractivity contribution is 5.94. The molecule has 5 aromatic rings. The normalized spacial score (nSPS) is 10.9. The highest BCUT2D eigenvalue weighted by Gasteiger charge is 2.13. The fourth-order valence-electron chi connectivity index (χ4n) is 3.67. The summed E-state index contributed by atoms with van der Waals surface area (Å²) in [4.78, 5) is 12.2. The largest absolute Gasteiger partial charge is 0.497 e. The van der Waals surface area contributed by atoms with Crippen LogP contribution in [0.25, 0.3) is 16.4 Å². The highest BCUT2D eigenvalue weighted by Crippen LogP contribution is 2.22. The molecule has 9 heteroatoms. The van der Waals surface area contributed by atoms with Crippen LogP contribution in [-0.4, -0.2) is 39.4 Å². The van der Waals surface area contributed by atoms with Crippen LogP contribution in [0.1, 0.15) is 11.5 Å². The van der Waals surface area contributed by atoms with Crippen molar-refractivity contribution in [2.24, 2.45) is 0 Å². The maximum absolute atomic E-state index is 12.2.